The third kappa shape index (κ3) is 4.84. The molecule has 5 heterocycles. The Morgan fingerprint density at radius 3 is 2.04 bits per heavy atom. The number of rotatable bonds is 3. The summed E-state index contributed by atoms with van der Waals surface area (Å²) >= 11 is 0. The number of para-hydroxylation sites is 3. The number of hydrogen-bond acceptors (Lipinski definition) is 2. The minimum absolute atomic E-state index is 0. The Morgan fingerprint density at radius 2 is 1.23 bits per heavy atom. The first-order chi connectivity index (χ1) is 27.5. The van der Waals surface area contributed by atoms with E-state index in [4.69, 9.17) is 9.72 Å². The van der Waals surface area contributed by atoms with Crippen molar-refractivity contribution in [2.45, 2.75) is 13.1 Å². The molecule has 57 heavy (non-hydrogen) atoms. The van der Waals surface area contributed by atoms with Crippen molar-refractivity contribution in [3.8, 4) is 62.1 Å². The summed E-state index contributed by atoms with van der Waals surface area (Å²) in [6, 6.07) is 61.1. The number of imidazole rings is 1. The Balaban J connectivity index is 0.00000374. The fourth-order valence-electron chi connectivity index (χ4n) is 9.23. The van der Waals surface area contributed by atoms with Gasteiger partial charge in [-0.3, -0.25) is 4.57 Å². The molecule has 2 aliphatic heterocycles. The number of ether oxygens (including phenoxy) is 1. The first kappa shape index (κ1) is 33.9. The van der Waals surface area contributed by atoms with E-state index in [2.05, 4.69) is 179 Å². The van der Waals surface area contributed by atoms with E-state index in [9.17, 15) is 0 Å². The van der Waals surface area contributed by atoms with Crippen molar-refractivity contribution in [2.24, 2.45) is 0 Å². The summed E-state index contributed by atoms with van der Waals surface area (Å²) in [5.74, 6) is 2.22. The standard InChI is InChI=1S/C50H32N4OSi.Pd/c1-56(2)46-24-11-21-42-40-27-26-34(30-45(40)54(49(42)46)50-47(56)25-12-28-51-50)55-33-14-9-13-32(29-33)52-31-53-43-22-8-7-19-39(43)37-17-5-3-15-35(37)36-16-4-6-18-38(36)41-20-10-23-44(52)48(41)53;/h3-28H,1-2H3;/q-2;. The Morgan fingerprint density at radius 1 is 0.579 bits per heavy atom. The zero-order chi connectivity index (χ0) is 37.1. The van der Waals surface area contributed by atoms with Crippen LogP contribution in [0.1, 0.15) is 0 Å². The van der Waals surface area contributed by atoms with Gasteiger partial charge in [0.25, 0.3) is 6.33 Å². The minimum Gasteiger partial charge on any atom is -0.510 e. The molecule has 0 saturated carbocycles. The molecular formula is C50H32N4OPdSi-2. The van der Waals surface area contributed by atoms with Crippen molar-refractivity contribution in [1.29, 1.82) is 0 Å². The zero-order valence-corrected chi connectivity index (χ0v) is 33.6. The maximum atomic E-state index is 6.63. The molecule has 3 aromatic heterocycles. The number of fused-ring (bicyclic) bond motifs is 12. The van der Waals surface area contributed by atoms with Crippen LogP contribution < -0.4 is 19.7 Å². The number of hydrogen-bond donors (Lipinski definition) is 0. The molecule has 0 amide bonds. The van der Waals surface area contributed by atoms with Gasteiger partial charge >= 0.3 is 0 Å². The topological polar surface area (TPSA) is 35.9 Å². The molecule has 0 unspecified atom stereocenters. The Labute approximate surface area is 344 Å². The van der Waals surface area contributed by atoms with Crippen LogP contribution in [0.3, 0.4) is 0 Å². The van der Waals surface area contributed by atoms with Gasteiger partial charge in [-0.05, 0) is 67.0 Å². The summed E-state index contributed by atoms with van der Waals surface area (Å²) < 4.78 is 13.2. The molecule has 10 aromatic rings. The number of pyridine rings is 1. The summed E-state index contributed by atoms with van der Waals surface area (Å²) in [4.78, 5) is 4.94. The summed E-state index contributed by atoms with van der Waals surface area (Å²) in [6.45, 7) is 4.84. The summed E-state index contributed by atoms with van der Waals surface area (Å²) in [5.41, 5.74) is 13.3. The van der Waals surface area contributed by atoms with Crippen molar-refractivity contribution in [3.05, 3.63) is 176 Å². The predicted molar refractivity (Wildman–Crippen MR) is 227 cm³/mol. The Kier molecular flexibility index (Phi) is 7.49. The minimum atomic E-state index is -1.96. The summed E-state index contributed by atoms with van der Waals surface area (Å²) in [6.07, 6.45) is 5.66. The van der Waals surface area contributed by atoms with Gasteiger partial charge in [0.2, 0.25) is 0 Å². The maximum Gasteiger partial charge on any atom is 0.268 e. The molecule has 0 atom stereocenters. The van der Waals surface area contributed by atoms with Gasteiger partial charge in [-0.15, -0.1) is 29.7 Å². The number of benzene rings is 7. The Bertz CT molecular complexity index is 3290. The van der Waals surface area contributed by atoms with Gasteiger partial charge < -0.3 is 13.9 Å². The van der Waals surface area contributed by atoms with E-state index >= 15 is 0 Å². The maximum absolute atomic E-state index is 6.63. The van der Waals surface area contributed by atoms with Crippen LogP contribution in [0, 0.1) is 18.5 Å². The largest absolute Gasteiger partial charge is 0.510 e. The van der Waals surface area contributed by atoms with Crippen molar-refractivity contribution in [3.63, 3.8) is 0 Å². The number of nitrogens with zero attached hydrogens (tertiary/aromatic N) is 4. The molecule has 0 radical (unpaired) electrons. The quantitative estimate of drug-likeness (QED) is 0.101. The van der Waals surface area contributed by atoms with E-state index in [0.29, 0.717) is 11.5 Å². The zero-order valence-electron chi connectivity index (χ0n) is 31.0. The molecule has 7 aromatic carbocycles. The predicted octanol–water partition coefficient (Wildman–Crippen LogP) is 10.0. The molecule has 0 bridgehead atoms. The van der Waals surface area contributed by atoms with E-state index in [1.165, 1.54) is 43.5 Å². The molecule has 5 nitrogen and oxygen atoms in total. The van der Waals surface area contributed by atoms with Gasteiger partial charge in [-0.1, -0.05) is 128 Å². The summed E-state index contributed by atoms with van der Waals surface area (Å²) in [7, 11) is -1.96. The van der Waals surface area contributed by atoms with E-state index in [0.717, 1.165) is 50.3 Å². The normalized spacial score (nSPS) is 13.1. The molecule has 0 fully saturated rings. The second kappa shape index (κ2) is 12.6. The van der Waals surface area contributed by atoms with Gasteiger partial charge in [0.05, 0.1) is 16.7 Å². The SMILES string of the molecule is C[Si]1(C)c2cccnc2-n2c3[c-]c(Oc4[c-]c(-n5[c-][n+]6c7c(cccc75)-c5ccccc5-c5ccccc5-c5ccccc5-6)ccc4)ccc3c3cccc1c32.[Pd]. The first-order valence-corrected chi connectivity index (χ1v) is 22.0. The molecule has 0 N–H and O–H groups in total. The van der Waals surface area contributed by atoms with Gasteiger partial charge in [-0.25, -0.2) is 4.98 Å². The van der Waals surface area contributed by atoms with Crippen LogP contribution in [0.5, 0.6) is 11.5 Å². The molecule has 0 spiro atoms. The van der Waals surface area contributed by atoms with Crippen molar-refractivity contribution >= 4 is 51.3 Å². The average Bonchev–Trinajstić information content (AvgIpc) is 3.80. The summed E-state index contributed by atoms with van der Waals surface area (Å²) in [5, 5.41) is 5.11. The van der Waals surface area contributed by atoms with Gasteiger partial charge in [0.15, 0.2) is 0 Å². The first-order valence-electron chi connectivity index (χ1n) is 19.0. The monoisotopic (exact) mass is 838 g/mol. The van der Waals surface area contributed by atoms with Crippen LogP contribution in [0.2, 0.25) is 13.1 Å². The van der Waals surface area contributed by atoms with Gasteiger partial charge in [0, 0.05) is 43.6 Å². The molecular weight excluding hydrogens is 807 g/mol. The third-order valence-corrected chi connectivity index (χ3v) is 15.3. The van der Waals surface area contributed by atoms with Crippen LogP contribution in [0.4, 0.5) is 0 Å². The van der Waals surface area contributed by atoms with Crippen LogP contribution >= 0.6 is 0 Å². The molecule has 7 heteroatoms. The fraction of sp³-hybridized carbons (Fsp3) is 0.0400. The second-order valence-corrected chi connectivity index (χ2v) is 19.5. The van der Waals surface area contributed by atoms with Crippen molar-refractivity contribution in [1.82, 2.24) is 14.1 Å². The van der Waals surface area contributed by atoms with Crippen LogP contribution in [0.15, 0.2) is 158 Å². The van der Waals surface area contributed by atoms with Crippen molar-refractivity contribution in [2.75, 3.05) is 0 Å². The molecule has 2 aliphatic rings. The smallest absolute Gasteiger partial charge is 0.268 e. The second-order valence-electron chi connectivity index (χ2n) is 15.2. The van der Waals surface area contributed by atoms with Crippen LogP contribution in [-0.4, -0.2) is 22.2 Å². The van der Waals surface area contributed by atoms with E-state index in [-0.39, 0.29) is 20.4 Å². The van der Waals surface area contributed by atoms with E-state index in [1.54, 1.807) is 0 Å². The molecule has 274 valence electrons. The van der Waals surface area contributed by atoms with Crippen LogP contribution in [-0.2, 0) is 20.4 Å². The fourth-order valence-corrected chi connectivity index (χ4v) is 12.1. The third-order valence-electron chi connectivity index (χ3n) is 11.8. The molecule has 0 aliphatic carbocycles. The van der Waals surface area contributed by atoms with Crippen LogP contribution in [0.25, 0.3) is 83.4 Å². The van der Waals surface area contributed by atoms with Gasteiger partial charge in [0.1, 0.15) is 13.9 Å². The number of aromatic nitrogens is 4. The molecule has 0 saturated heterocycles. The molecule has 12 rings (SSSR count). The van der Waals surface area contributed by atoms with E-state index < -0.39 is 8.07 Å². The van der Waals surface area contributed by atoms with Gasteiger partial charge in [-0.2, -0.15) is 18.2 Å². The average molecular weight is 839 g/mol. The van der Waals surface area contributed by atoms with E-state index in [1.807, 2.05) is 24.4 Å². The Hall–Kier alpha value is -6.36. The van der Waals surface area contributed by atoms with Crippen molar-refractivity contribution < 1.29 is 29.7 Å².